The highest BCUT2D eigenvalue weighted by atomic mass is 16.5. The molecule has 2 rings (SSSR count). The molecule has 0 aromatic heterocycles. The normalized spacial score (nSPS) is 11.2. The summed E-state index contributed by atoms with van der Waals surface area (Å²) in [6, 6.07) is 16.4. The largest absolute Gasteiger partial charge is 0.493 e. The highest BCUT2D eigenvalue weighted by molar-refractivity contribution is 5.78. The summed E-state index contributed by atoms with van der Waals surface area (Å²) in [5, 5.41) is 11.7. The first-order chi connectivity index (χ1) is 11.1. The highest BCUT2D eigenvalue weighted by Crippen LogP contribution is 2.27. The average Bonchev–Trinajstić information content (AvgIpc) is 2.60. The van der Waals surface area contributed by atoms with E-state index in [1.807, 2.05) is 43.3 Å². The second-order valence-electron chi connectivity index (χ2n) is 4.97. The van der Waals surface area contributed by atoms with E-state index in [4.69, 9.17) is 14.7 Å². The number of amides is 1. The maximum absolute atomic E-state index is 12.0. The topological polar surface area (TPSA) is 71.3 Å². The fourth-order valence-corrected chi connectivity index (χ4v) is 2.11. The molecule has 0 spiro atoms. The molecular weight excluding hydrogens is 292 g/mol. The molecule has 1 N–H and O–H groups in total. The molecule has 0 unspecified atom stereocenters. The van der Waals surface area contributed by atoms with Crippen molar-refractivity contribution in [2.45, 2.75) is 13.0 Å². The number of methoxy groups -OCH3 is 1. The molecule has 0 aliphatic carbocycles. The van der Waals surface area contributed by atoms with Crippen molar-refractivity contribution in [3.05, 3.63) is 59.7 Å². The summed E-state index contributed by atoms with van der Waals surface area (Å²) < 4.78 is 10.6. The Hall–Kier alpha value is -3.00. The van der Waals surface area contributed by atoms with Gasteiger partial charge in [-0.1, -0.05) is 30.3 Å². The van der Waals surface area contributed by atoms with E-state index in [0.717, 1.165) is 5.56 Å². The molecule has 1 amide bonds. The zero-order valence-corrected chi connectivity index (χ0v) is 13.1. The molecule has 0 aliphatic rings. The van der Waals surface area contributed by atoms with E-state index >= 15 is 0 Å². The van der Waals surface area contributed by atoms with Gasteiger partial charge in [0.15, 0.2) is 18.1 Å². The van der Waals surface area contributed by atoms with Gasteiger partial charge >= 0.3 is 0 Å². The van der Waals surface area contributed by atoms with Gasteiger partial charge in [0, 0.05) is 6.07 Å². The van der Waals surface area contributed by atoms with Crippen LogP contribution in [0.3, 0.4) is 0 Å². The Labute approximate surface area is 135 Å². The summed E-state index contributed by atoms with van der Waals surface area (Å²) >= 11 is 0. The molecule has 2 aromatic carbocycles. The smallest absolute Gasteiger partial charge is 0.258 e. The predicted molar refractivity (Wildman–Crippen MR) is 86.2 cm³/mol. The highest BCUT2D eigenvalue weighted by Gasteiger charge is 2.12. The van der Waals surface area contributed by atoms with E-state index in [2.05, 4.69) is 5.32 Å². The van der Waals surface area contributed by atoms with Gasteiger partial charge in [-0.3, -0.25) is 4.79 Å². The summed E-state index contributed by atoms with van der Waals surface area (Å²) in [6.07, 6.45) is 0. The first-order valence-electron chi connectivity index (χ1n) is 7.19. The molecule has 0 aliphatic heterocycles. The predicted octanol–water partition coefficient (Wildman–Crippen LogP) is 2.82. The van der Waals surface area contributed by atoms with Crippen molar-refractivity contribution in [1.29, 1.82) is 5.26 Å². The summed E-state index contributed by atoms with van der Waals surface area (Å²) in [7, 11) is 1.49. The van der Waals surface area contributed by atoms with Gasteiger partial charge in [0.1, 0.15) is 0 Å². The van der Waals surface area contributed by atoms with Crippen LogP contribution in [0.15, 0.2) is 48.5 Å². The fourth-order valence-electron chi connectivity index (χ4n) is 2.11. The number of hydrogen-bond acceptors (Lipinski definition) is 4. The monoisotopic (exact) mass is 310 g/mol. The van der Waals surface area contributed by atoms with Crippen LogP contribution in [0.4, 0.5) is 0 Å². The van der Waals surface area contributed by atoms with Gasteiger partial charge < -0.3 is 14.8 Å². The van der Waals surface area contributed by atoms with Crippen LogP contribution >= 0.6 is 0 Å². The molecule has 23 heavy (non-hydrogen) atoms. The van der Waals surface area contributed by atoms with Crippen LogP contribution < -0.4 is 14.8 Å². The van der Waals surface area contributed by atoms with E-state index in [1.165, 1.54) is 7.11 Å². The minimum atomic E-state index is -0.229. The van der Waals surface area contributed by atoms with Crippen LogP contribution in [0.2, 0.25) is 0 Å². The van der Waals surface area contributed by atoms with Crippen molar-refractivity contribution >= 4 is 5.91 Å². The first-order valence-corrected chi connectivity index (χ1v) is 7.19. The number of hydrogen-bond donors (Lipinski definition) is 1. The van der Waals surface area contributed by atoms with Crippen LogP contribution in [0.1, 0.15) is 24.1 Å². The Morgan fingerprint density at radius 2 is 1.96 bits per heavy atom. The molecule has 0 fully saturated rings. The zero-order chi connectivity index (χ0) is 16.7. The van der Waals surface area contributed by atoms with Crippen molar-refractivity contribution in [2.75, 3.05) is 13.7 Å². The second-order valence-corrected chi connectivity index (χ2v) is 4.97. The lowest BCUT2D eigenvalue weighted by Crippen LogP contribution is -2.31. The van der Waals surface area contributed by atoms with Crippen molar-refractivity contribution in [3.8, 4) is 17.6 Å². The van der Waals surface area contributed by atoms with Gasteiger partial charge in [0.25, 0.3) is 5.91 Å². The van der Waals surface area contributed by atoms with Crippen LogP contribution in [0, 0.1) is 11.3 Å². The molecule has 5 nitrogen and oxygen atoms in total. The zero-order valence-electron chi connectivity index (χ0n) is 13.1. The Bertz CT molecular complexity index is 708. The lowest BCUT2D eigenvalue weighted by atomic mass is 10.1. The number of carbonyl (C=O) groups is 1. The maximum atomic E-state index is 12.0. The van der Waals surface area contributed by atoms with Crippen molar-refractivity contribution < 1.29 is 14.3 Å². The van der Waals surface area contributed by atoms with Crippen LogP contribution in [-0.2, 0) is 4.79 Å². The third-order valence-corrected chi connectivity index (χ3v) is 3.33. The molecule has 118 valence electrons. The molecule has 0 saturated carbocycles. The van der Waals surface area contributed by atoms with Crippen LogP contribution in [-0.4, -0.2) is 19.6 Å². The number of nitrogens with zero attached hydrogens (tertiary/aromatic N) is 1. The van der Waals surface area contributed by atoms with E-state index in [9.17, 15) is 4.79 Å². The quantitative estimate of drug-likeness (QED) is 0.890. The average molecular weight is 310 g/mol. The van der Waals surface area contributed by atoms with Gasteiger partial charge in [-0.25, -0.2) is 0 Å². The van der Waals surface area contributed by atoms with E-state index < -0.39 is 0 Å². The Morgan fingerprint density at radius 1 is 1.22 bits per heavy atom. The van der Waals surface area contributed by atoms with Crippen molar-refractivity contribution in [3.63, 3.8) is 0 Å². The summed E-state index contributed by atoms with van der Waals surface area (Å²) in [5.74, 6) is 0.620. The number of benzene rings is 2. The van der Waals surface area contributed by atoms with Crippen LogP contribution in [0.25, 0.3) is 0 Å². The minimum absolute atomic E-state index is 0.102. The lowest BCUT2D eigenvalue weighted by Gasteiger charge is -2.15. The third kappa shape index (κ3) is 4.48. The minimum Gasteiger partial charge on any atom is -0.493 e. The maximum Gasteiger partial charge on any atom is 0.258 e. The van der Waals surface area contributed by atoms with E-state index in [0.29, 0.717) is 17.1 Å². The molecule has 0 bridgehead atoms. The molecule has 0 heterocycles. The van der Waals surface area contributed by atoms with Gasteiger partial charge in [0.2, 0.25) is 0 Å². The number of carbonyl (C=O) groups excluding carboxylic acids is 1. The molecule has 0 radical (unpaired) electrons. The SMILES string of the molecule is COc1cc(C#N)ccc1OCC(=O)N[C@H](C)c1ccccc1. The van der Waals surface area contributed by atoms with Crippen molar-refractivity contribution in [2.24, 2.45) is 0 Å². The standard InChI is InChI=1S/C18H18N2O3/c1-13(15-6-4-3-5-7-15)20-18(21)12-23-16-9-8-14(11-19)10-17(16)22-2/h3-10,13H,12H2,1-2H3,(H,20,21)/t13-/m1/s1. The number of rotatable bonds is 6. The van der Waals surface area contributed by atoms with Gasteiger partial charge in [-0.05, 0) is 24.6 Å². The van der Waals surface area contributed by atoms with Gasteiger partial charge in [0.05, 0.1) is 24.8 Å². The van der Waals surface area contributed by atoms with E-state index in [-0.39, 0.29) is 18.6 Å². The summed E-state index contributed by atoms with van der Waals surface area (Å²) in [5.41, 5.74) is 1.49. The molecule has 1 atom stereocenters. The van der Waals surface area contributed by atoms with Crippen LogP contribution in [0.5, 0.6) is 11.5 Å². The Morgan fingerprint density at radius 3 is 2.61 bits per heavy atom. The fraction of sp³-hybridized carbons (Fsp3) is 0.222. The van der Waals surface area contributed by atoms with Crippen molar-refractivity contribution in [1.82, 2.24) is 5.32 Å². The molecule has 2 aromatic rings. The Balaban J connectivity index is 1.93. The lowest BCUT2D eigenvalue weighted by molar-refractivity contribution is -0.123. The molecular formula is C18H18N2O3. The number of nitriles is 1. The third-order valence-electron chi connectivity index (χ3n) is 3.33. The molecule has 5 heteroatoms. The number of ether oxygens (including phenoxy) is 2. The van der Waals surface area contributed by atoms with E-state index in [1.54, 1.807) is 18.2 Å². The Kier molecular flexibility index (Phi) is 5.59. The molecule has 0 saturated heterocycles. The number of nitrogens with one attached hydrogen (secondary N) is 1. The van der Waals surface area contributed by atoms with Gasteiger partial charge in [-0.2, -0.15) is 5.26 Å². The van der Waals surface area contributed by atoms with Gasteiger partial charge in [-0.15, -0.1) is 0 Å². The summed E-state index contributed by atoms with van der Waals surface area (Å²) in [6.45, 7) is 1.79. The first kappa shape index (κ1) is 16.4. The summed E-state index contributed by atoms with van der Waals surface area (Å²) in [4.78, 5) is 12.0. The second kappa shape index (κ2) is 7.85.